The average molecular weight is 523 g/mol. The van der Waals surface area contributed by atoms with E-state index in [1.165, 1.54) is 12.1 Å². The van der Waals surface area contributed by atoms with E-state index in [9.17, 15) is 18.0 Å². The lowest BCUT2D eigenvalue weighted by atomic mass is 10.1. The molecule has 0 atom stereocenters. The van der Waals surface area contributed by atoms with Crippen LogP contribution < -0.4 is 14.8 Å². The molecule has 0 saturated carbocycles. The number of amides is 1. The van der Waals surface area contributed by atoms with Gasteiger partial charge in [-0.3, -0.25) is 9.59 Å². The summed E-state index contributed by atoms with van der Waals surface area (Å²) in [5.74, 6) is -0.582. The highest BCUT2D eigenvalue weighted by Gasteiger charge is 2.12. The number of carboxylic acid groups (broad SMARTS) is 1. The highest BCUT2D eigenvalue weighted by Crippen LogP contribution is 2.28. The standard InChI is InChI=1S/C23H20Cl2N2O6S/c1-34(31,32)26-13-16-10-14(11-22(28)29)2-9-21(16)33-18-6-4-17(5-7-18)27-23(30)15-3-8-19(24)20(25)12-15/h2-10,12,26H,11,13H2,1H3,(H,27,30)(H,28,29). The fourth-order valence-electron chi connectivity index (χ4n) is 2.94. The number of rotatable bonds is 9. The molecule has 0 aliphatic rings. The molecule has 0 bridgehead atoms. The summed E-state index contributed by atoms with van der Waals surface area (Å²) in [6.45, 7) is -0.0700. The van der Waals surface area contributed by atoms with Crippen molar-refractivity contribution in [3.05, 3.63) is 87.4 Å². The molecule has 34 heavy (non-hydrogen) atoms. The van der Waals surface area contributed by atoms with E-state index in [2.05, 4.69) is 10.0 Å². The van der Waals surface area contributed by atoms with Crippen molar-refractivity contribution >= 4 is 50.8 Å². The van der Waals surface area contributed by atoms with E-state index in [1.54, 1.807) is 48.5 Å². The van der Waals surface area contributed by atoms with E-state index in [-0.39, 0.29) is 23.9 Å². The molecule has 0 radical (unpaired) electrons. The Morgan fingerprint density at radius 2 is 1.68 bits per heavy atom. The van der Waals surface area contributed by atoms with Crippen LogP contribution in [0.1, 0.15) is 21.5 Å². The molecule has 0 aromatic heterocycles. The lowest BCUT2D eigenvalue weighted by molar-refractivity contribution is -0.136. The number of aliphatic carboxylic acids is 1. The highest BCUT2D eigenvalue weighted by molar-refractivity contribution is 7.88. The Kier molecular flexibility index (Phi) is 8.16. The van der Waals surface area contributed by atoms with Gasteiger partial charge in [-0.1, -0.05) is 35.3 Å². The van der Waals surface area contributed by atoms with Crippen molar-refractivity contribution in [2.75, 3.05) is 11.6 Å². The van der Waals surface area contributed by atoms with Crippen LogP contribution in [-0.2, 0) is 27.8 Å². The summed E-state index contributed by atoms with van der Waals surface area (Å²) in [5, 5.41) is 12.4. The number of benzene rings is 3. The van der Waals surface area contributed by atoms with Gasteiger partial charge in [0.1, 0.15) is 11.5 Å². The zero-order chi connectivity index (χ0) is 24.9. The molecule has 0 fully saturated rings. The van der Waals surface area contributed by atoms with Gasteiger partial charge in [0.05, 0.1) is 22.7 Å². The van der Waals surface area contributed by atoms with Gasteiger partial charge in [0.15, 0.2) is 0 Å². The normalized spacial score (nSPS) is 11.1. The summed E-state index contributed by atoms with van der Waals surface area (Å²) >= 11 is 11.8. The van der Waals surface area contributed by atoms with Gasteiger partial charge in [-0.05, 0) is 54.1 Å². The second-order valence-corrected chi connectivity index (χ2v) is 9.96. The first-order chi connectivity index (χ1) is 16.0. The van der Waals surface area contributed by atoms with Gasteiger partial charge in [0.2, 0.25) is 10.0 Å². The minimum absolute atomic E-state index is 0.0700. The first-order valence-electron chi connectivity index (χ1n) is 9.83. The Hall–Kier alpha value is -3.11. The fraction of sp³-hybridized carbons (Fsp3) is 0.130. The van der Waals surface area contributed by atoms with E-state index in [4.69, 9.17) is 33.0 Å². The lowest BCUT2D eigenvalue weighted by Crippen LogP contribution is -2.21. The predicted octanol–water partition coefficient (Wildman–Crippen LogP) is 4.71. The van der Waals surface area contributed by atoms with Gasteiger partial charge in [-0.2, -0.15) is 0 Å². The van der Waals surface area contributed by atoms with Crippen LogP contribution in [0.2, 0.25) is 10.0 Å². The molecule has 0 unspecified atom stereocenters. The summed E-state index contributed by atoms with van der Waals surface area (Å²) in [6, 6.07) is 15.8. The molecular formula is C23H20Cl2N2O6S. The Labute approximate surface area is 206 Å². The minimum Gasteiger partial charge on any atom is -0.481 e. The van der Waals surface area contributed by atoms with Gasteiger partial charge < -0.3 is 15.2 Å². The van der Waals surface area contributed by atoms with E-state index < -0.39 is 16.0 Å². The van der Waals surface area contributed by atoms with Gasteiger partial charge in [-0.15, -0.1) is 0 Å². The molecule has 3 aromatic carbocycles. The number of sulfonamides is 1. The Morgan fingerprint density at radius 1 is 0.971 bits per heavy atom. The molecule has 0 spiro atoms. The second-order valence-electron chi connectivity index (χ2n) is 7.32. The summed E-state index contributed by atoms with van der Waals surface area (Å²) in [6.07, 6.45) is 0.818. The number of carbonyl (C=O) groups is 2. The molecule has 1 amide bonds. The molecule has 3 rings (SSSR count). The maximum atomic E-state index is 12.4. The zero-order valence-corrected chi connectivity index (χ0v) is 20.2. The smallest absolute Gasteiger partial charge is 0.307 e. The third-order valence-corrected chi connectivity index (χ3v) is 5.93. The number of hydrogen-bond donors (Lipinski definition) is 3. The van der Waals surface area contributed by atoms with Crippen molar-refractivity contribution in [1.29, 1.82) is 0 Å². The second kappa shape index (κ2) is 10.9. The molecule has 178 valence electrons. The van der Waals surface area contributed by atoms with Crippen LogP contribution in [0.15, 0.2) is 60.7 Å². The van der Waals surface area contributed by atoms with Crippen molar-refractivity contribution in [2.24, 2.45) is 0 Å². The zero-order valence-electron chi connectivity index (χ0n) is 17.8. The minimum atomic E-state index is -3.47. The van der Waals surface area contributed by atoms with Crippen LogP contribution in [0.4, 0.5) is 5.69 Å². The van der Waals surface area contributed by atoms with E-state index in [0.29, 0.717) is 38.9 Å². The van der Waals surface area contributed by atoms with Gasteiger partial charge in [0, 0.05) is 23.4 Å². The largest absolute Gasteiger partial charge is 0.481 e. The monoisotopic (exact) mass is 522 g/mol. The fourth-order valence-corrected chi connectivity index (χ4v) is 3.65. The Balaban J connectivity index is 1.74. The number of hydrogen-bond acceptors (Lipinski definition) is 5. The molecule has 0 saturated heterocycles. The van der Waals surface area contributed by atoms with Crippen LogP contribution in [0, 0.1) is 0 Å². The van der Waals surface area contributed by atoms with Crippen molar-refractivity contribution in [1.82, 2.24) is 4.72 Å². The Bertz CT molecular complexity index is 1330. The van der Waals surface area contributed by atoms with Crippen LogP contribution >= 0.6 is 23.2 Å². The molecule has 11 heteroatoms. The van der Waals surface area contributed by atoms with E-state index in [0.717, 1.165) is 6.26 Å². The quantitative estimate of drug-likeness (QED) is 0.373. The van der Waals surface area contributed by atoms with Gasteiger partial charge >= 0.3 is 5.97 Å². The van der Waals surface area contributed by atoms with Crippen LogP contribution in [0.25, 0.3) is 0 Å². The number of anilines is 1. The van der Waals surface area contributed by atoms with Crippen LogP contribution in [0.3, 0.4) is 0 Å². The van der Waals surface area contributed by atoms with Crippen molar-refractivity contribution in [2.45, 2.75) is 13.0 Å². The highest BCUT2D eigenvalue weighted by atomic mass is 35.5. The first-order valence-corrected chi connectivity index (χ1v) is 12.5. The summed E-state index contributed by atoms with van der Waals surface area (Å²) in [4.78, 5) is 23.4. The molecule has 0 aliphatic carbocycles. The molecule has 3 N–H and O–H groups in total. The SMILES string of the molecule is CS(=O)(=O)NCc1cc(CC(=O)O)ccc1Oc1ccc(NC(=O)c2ccc(Cl)c(Cl)c2)cc1. The maximum Gasteiger partial charge on any atom is 0.307 e. The van der Waals surface area contributed by atoms with Crippen LogP contribution in [0.5, 0.6) is 11.5 Å². The van der Waals surface area contributed by atoms with Crippen molar-refractivity contribution in [3.8, 4) is 11.5 Å². The molecule has 8 nitrogen and oxygen atoms in total. The van der Waals surface area contributed by atoms with E-state index >= 15 is 0 Å². The first kappa shape index (κ1) is 25.5. The van der Waals surface area contributed by atoms with Crippen molar-refractivity contribution in [3.63, 3.8) is 0 Å². The molecule has 0 heterocycles. The lowest BCUT2D eigenvalue weighted by Gasteiger charge is -2.14. The number of nitrogens with one attached hydrogen (secondary N) is 2. The number of halogens is 2. The Morgan fingerprint density at radius 3 is 2.29 bits per heavy atom. The molecular weight excluding hydrogens is 503 g/mol. The topological polar surface area (TPSA) is 122 Å². The van der Waals surface area contributed by atoms with E-state index in [1.807, 2.05) is 0 Å². The third-order valence-electron chi connectivity index (χ3n) is 4.53. The average Bonchev–Trinajstić information content (AvgIpc) is 2.76. The number of ether oxygens (including phenoxy) is 1. The van der Waals surface area contributed by atoms with Crippen LogP contribution in [-0.4, -0.2) is 31.7 Å². The number of carboxylic acids is 1. The van der Waals surface area contributed by atoms with Gasteiger partial charge in [-0.25, -0.2) is 13.1 Å². The predicted molar refractivity (Wildman–Crippen MR) is 130 cm³/mol. The van der Waals surface area contributed by atoms with Crippen molar-refractivity contribution < 1.29 is 27.9 Å². The summed E-state index contributed by atoms with van der Waals surface area (Å²) in [7, 11) is -3.47. The maximum absolute atomic E-state index is 12.4. The molecule has 0 aliphatic heterocycles. The van der Waals surface area contributed by atoms with Gasteiger partial charge in [0.25, 0.3) is 5.91 Å². The molecule has 3 aromatic rings. The number of carbonyl (C=O) groups excluding carboxylic acids is 1. The third kappa shape index (κ3) is 7.46. The summed E-state index contributed by atoms with van der Waals surface area (Å²) in [5.41, 5.74) is 1.84. The summed E-state index contributed by atoms with van der Waals surface area (Å²) < 4.78 is 31.3.